The molecule has 2 aliphatic rings. The van der Waals surface area contributed by atoms with E-state index in [1.165, 1.54) is 16.7 Å². The van der Waals surface area contributed by atoms with Crippen LogP contribution in [-0.4, -0.2) is 61.1 Å². The second-order valence-electron chi connectivity index (χ2n) is 7.09. The van der Waals surface area contributed by atoms with Gasteiger partial charge in [-0.1, -0.05) is 6.07 Å². The van der Waals surface area contributed by atoms with Crippen LogP contribution in [0.4, 0.5) is 5.82 Å². The summed E-state index contributed by atoms with van der Waals surface area (Å²) in [5.74, 6) is 1.07. The number of aromatic amines is 1. The van der Waals surface area contributed by atoms with E-state index in [-0.39, 0.29) is 0 Å². The van der Waals surface area contributed by atoms with Gasteiger partial charge in [0.05, 0.1) is 5.69 Å². The Morgan fingerprint density at radius 3 is 2.65 bits per heavy atom. The van der Waals surface area contributed by atoms with Crippen LogP contribution in [0.5, 0.6) is 0 Å². The topological polar surface area (TPSA) is 47.5 Å². The van der Waals surface area contributed by atoms with Crippen LogP contribution in [0.1, 0.15) is 17.5 Å². The summed E-state index contributed by atoms with van der Waals surface area (Å²) in [6.45, 7) is 7.07. The van der Waals surface area contributed by atoms with E-state index in [1.54, 1.807) is 0 Å². The highest BCUT2D eigenvalue weighted by molar-refractivity contribution is 7.80. The molecule has 0 radical (unpaired) electrons. The molecule has 0 spiro atoms. The third kappa shape index (κ3) is 3.31. The first-order valence-corrected chi connectivity index (χ1v) is 9.59. The molecule has 1 aromatic carbocycles. The van der Waals surface area contributed by atoms with Gasteiger partial charge in [-0.25, -0.2) is 0 Å². The van der Waals surface area contributed by atoms with Crippen LogP contribution in [-0.2, 0) is 0 Å². The summed E-state index contributed by atoms with van der Waals surface area (Å²) in [6, 6.07) is 6.37. The Kier molecular flexibility index (Phi) is 4.87. The number of aliphatic imine (C=N–C) groups is 1. The molecule has 5 nitrogen and oxygen atoms in total. The molecule has 4 rings (SSSR count). The van der Waals surface area contributed by atoms with E-state index >= 15 is 0 Å². The molecule has 26 heavy (non-hydrogen) atoms. The summed E-state index contributed by atoms with van der Waals surface area (Å²) in [6.07, 6.45) is 5.01. The molecule has 2 aromatic rings. The number of H-pyrrole nitrogens is 1. The molecule has 6 heteroatoms. The molecule has 0 atom stereocenters. The van der Waals surface area contributed by atoms with Crippen LogP contribution >= 0.6 is 12.6 Å². The standard InChI is InChI=1S/C20H25N5S/c1-14-13-16(3-4-17(14)26)19-18(15-5-7-21-8-6-15)20(23-22-19)25-11-9-24(2)10-12-25/h3-5,7,13,26H,6,8-12H2,1-2H3,(H,22,23). The summed E-state index contributed by atoms with van der Waals surface area (Å²) in [4.78, 5) is 10.1. The Morgan fingerprint density at radius 1 is 1.15 bits per heavy atom. The average Bonchev–Trinajstić information content (AvgIpc) is 3.10. The van der Waals surface area contributed by atoms with Gasteiger partial charge in [-0.15, -0.1) is 12.6 Å². The normalized spacial score (nSPS) is 18.3. The number of thiol groups is 1. The van der Waals surface area contributed by atoms with Crippen molar-refractivity contribution < 1.29 is 0 Å². The van der Waals surface area contributed by atoms with Crippen molar-refractivity contribution in [3.8, 4) is 11.3 Å². The van der Waals surface area contributed by atoms with Gasteiger partial charge in [-0.3, -0.25) is 10.1 Å². The lowest BCUT2D eigenvalue weighted by molar-refractivity contribution is 0.312. The number of benzene rings is 1. The number of rotatable bonds is 3. The number of anilines is 1. The van der Waals surface area contributed by atoms with Gasteiger partial charge >= 0.3 is 0 Å². The Morgan fingerprint density at radius 2 is 1.96 bits per heavy atom. The zero-order chi connectivity index (χ0) is 18.1. The molecular weight excluding hydrogens is 342 g/mol. The lowest BCUT2D eigenvalue weighted by Crippen LogP contribution is -2.45. The molecule has 1 saturated heterocycles. The van der Waals surface area contributed by atoms with Gasteiger partial charge in [0.1, 0.15) is 0 Å². The SMILES string of the molecule is Cc1cc(-c2[nH]nc(N3CCN(C)CC3)c2C2=CC=NCC2)ccc1S. The van der Waals surface area contributed by atoms with E-state index in [9.17, 15) is 0 Å². The quantitative estimate of drug-likeness (QED) is 0.819. The largest absolute Gasteiger partial charge is 0.352 e. The van der Waals surface area contributed by atoms with Crippen LogP contribution in [0.25, 0.3) is 16.8 Å². The number of dihydropyridines is 1. The predicted octanol–water partition coefficient (Wildman–Crippen LogP) is 3.28. The maximum absolute atomic E-state index is 4.75. The summed E-state index contributed by atoms with van der Waals surface area (Å²) in [5.41, 5.74) is 5.97. The Bertz CT molecular complexity index is 859. The minimum absolute atomic E-state index is 0.841. The van der Waals surface area contributed by atoms with E-state index in [1.807, 2.05) is 6.21 Å². The second-order valence-corrected chi connectivity index (χ2v) is 7.57. The smallest absolute Gasteiger partial charge is 0.158 e. The molecule has 2 aliphatic heterocycles. The molecule has 1 N–H and O–H groups in total. The molecule has 1 aromatic heterocycles. The van der Waals surface area contributed by atoms with E-state index in [4.69, 9.17) is 5.10 Å². The third-order valence-electron chi connectivity index (χ3n) is 5.25. The zero-order valence-electron chi connectivity index (χ0n) is 15.4. The number of aromatic nitrogens is 2. The van der Waals surface area contributed by atoms with Crippen LogP contribution < -0.4 is 4.90 Å². The predicted molar refractivity (Wildman–Crippen MR) is 112 cm³/mol. The maximum atomic E-state index is 4.75. The fourth-order valence-corrected chi connectivity index (χ4v) is 3.74. The lowest BCUT2D eigenvalue weighted by atomic mass is 9.96. The maximum Gasteiger partial charge on any atom is 0.158 e. The molecule has 0 aliphatic carbocycles. The number of nitrogens with one attached hydrogen (secondary N) is 1. The van der Waals surface area contributed by atoms with Crippen molar-refractivity contribution in [1.29, 1.82) is 0 Å². The first kappa shape index (κ1) is 17.4. The highest BCUT2D eigenvalue weighted by Crippen LogP contribution is 2.37. The fraction of sp³-hybridized carbons (Fsp3) is 0.400. The molecule has 0 amide bonds. The van der Waals surface area contributed by atoms with Crippen molar-refractivity contribution in [3.05, 3.63) is 35.4 Å². The van der Waals surface area contributed by atoms with Crippen molar-refractivity contribution >= 4 is 30.2 Å². The van der Waals surface area contributed by atoms with Crippen molar-refractivity contribution in [2.45, 2.75) is 18.2 Å². The third-order valence-corrected chi connectivity index (χ3v) is 5.75. The van der Waals surface area contributed by atoms with Crippen LogP contribution in [0.15, 0.2) is 34.2 Å². The highest BCUT2D eigenvalue weighted by atomic mass is 32.1. The fourth-order valence-electron chi connectivity index (χ4n) is 3.60. The number of nitrogens with zero attached hydrogens (tertiary/aromatic N) is 4. The summed E-state index contributed by atoms with van der Waals surface area (Å²) in [5, 5.41) is 8.07. The van der Waals surface area contributed by atoms with Gasteiger partial charge in [0.15, 0.2) is 5.82 Å². The number of hydrogen-bond acceptors (Lipinski definition) is 5. The van der Waals surface area contributed by atoms with Gasteiger partial charge in [0.25, 0.3) is 0 Å². The second kappa shape index (κ2) is 7.29. The minimum Gasteiger partial charge on any atom is -0.352 e. The van der Waals surface area contributed by atoms with Gasteiger partial charge in [0, 0.05) is 55.0 Å². The van der Waals surface area contributed by atoms with Gasteiger partial charge in [0.2, 0.25) is 0 Å². The van der Waals surface area contributed by atoms with Crippen molar-refractivity contribution in [2.24, 2.45) is 4.99 Å². The number of aryl methyl sites for hydroxylation is 1. The van der Waals surface area contributed by atoms with Crippen LogP contribution in [0, 0.1) is 6.92 Å². The zero-order valence-corrected chi connectivity index (χ0v) is 16.3. The lowest BCUT2D eigenvalue weighted by Gasteiger charge is -2.33. The van der Waals surface area contributed by atoms with Crippen LogP contribution in [0.2, 0.25) is 0 Å². The molecule has 1 fully saturated rings. The number of piperazine rings is 1. The number of hydrogen-bond donors (Lipinski definition) is 2. The van der Waals surface area contributed by atoms with E-state index < -0.39 is 0 Å². The minimum atomic E-state index is 0.841. The molecular formula is C20H25N5S. The molecule has 0 unspecified atom stereocenters. The molecule has 0 bridgehead atoms. The monoisotopic (exact) mass is 367 g/mol. The van der Waals surface area contributed by atoms with Gasteiger partial charge in [-0.05, 0) is 49.7 Å². The average molecular weight is 368 g/mol. The Labute approximate surface area is 160 Å². The molecule has 0 saturated carbocycles. The van der Waals surface area contributed by atoms with Crippen molar-refractivity contribution in [2.75, 3.05) is 44.7 Å². The van der Waals surface area contributed by atoms with E-state index in [2.05, 4.69) is 70.8 Å². The van der Waals surface area contributed by atoms with Gasteiger partial charge in [-0.2, -0.15) is 5.10 Å². The number of allylic oxidation sites excluding steroid dienone is 1. The molecule has 136 valence electrons. The Hall–Kier alpha value is -2.05. The first-order valence-electron chi connectivity index (χ1n) is 9.14. The van der Waals surface area contributed by atoms with Gasteiger partial charge < -0.3 is 9.80 Å². The summed E-state index contributed by atoms with van der Waals surface area (Å²) >= 11 is 4.51. The van der Waals surface area contributed by atoms with E-state index in [0.717, 1.165) is 61.1 Å². The Balaban J connectivity index is 1.80. The summed E-state index contributed by atoms with van der Waals surface area (Å²) < 4.78 is 0. The molecule has 3 heterocycles. The van der Waals surface area contributed by atoms with Crippen molar-refractivity contribution in [1.82, 2.24) is 15.1 Å². The highest BCUT2D eigenvalue weighted by Gasteiger charge is 2.25. The van der Waals surface area contributed by atoms with Crippen molar-refractivity contribution in [3.63, 3.8) is 0 Å². The van der Waals surface area contributed by atoms with E-state index in [0.29, 0.717) is 0 Å². The number of likely N-dealkylation sites (N-methyl/N-ethyl adjacent to an activating group) is 1. The van der Waals surface area contributed by atoms with Crippen LogP contribution in [0.3, 0.4) is 0 Å². The first-order chi connectivity index (χ1) is 12.6. The summed E-state index contributed by atoms with van der Waals surface area (Å²) in [7, 11) is 2.18.